The zero-order valence-electron chi connectivity index (χ0n) is 7.49. The van der Waals surface area contributed by atoms with Gasteiger partial charge in [-0.25, -0.2) is 0 Å². The number of hydrogen-bond acceptors (Lipinski definition) is 2. The summed E-state index contributed by atoms with van der Waals surface area (Å²) in [5.74, 6) is 0.122. The van der Waals surface area contributed by atoms with Crippen LogP contribution in [0.15, 0.2) is 24.3 Å². The van der Waals surface area contributed by atoms with E-state index in [9.17, 15) is 4.79 Å². The Bertz CT molecular complexity index is 219. The number of carbonyl (C=O) groups is 1. The molecule has 1 aliphatic rings. The molecule has 3 heteroatoms. The van der Waals surface area contributed by atoms with Crippen LogP contribution >= 0.6 is 0 Å². The van der Waals surface area contributed by atoms with E-state index in [2.05, 4.69) is 13.1 Å². The maximum Gasteiger partial charge on any atom is 0.170 e. The summed E-state index contributed by atoms with van der Waals surface area (Å²) >= 11 is 0. The first-order chi connectivity index (χ1) is 5.70. The normalized spacial score (nSPS) is 22.2. The van der Waals surface area contributed by atoms with Gasteiger partial charge in [0.15, 0.2) is 14.8 Å². The molecule has 1 atom stereocenters. The Morgan fingerprint density at radius 1 is 1.50 bits per heavy atom. The zero-order valence-corrected chi connectivity index (χ0v) is 8.64. The largest absolute Gasteiger partial charge is 0.420 e. The summed E-state index contributed by atoms with van der Waals surface area (Å²) in [5, 5.41) is 0. The van der Waals surface area contributed by atoms with Crippen LogP contribution in [0.5, 0.6) is 0 Å². The first-order valence-corrected chi connectivity index (χ1v) is 6.98. The highest BCUT2D eigenvalue weighted by atomic mass is 28.3. The van der Waals surface area contributed by atoms with Gasteiger partial charge in [0.05, 0.1) is 5.92 Å². The average molecular weight is 182 g/mol. The van der Waals surface area contributed by atoms with Crippen molar-refractivity contribution in [3.8, 4) is 0 Å². The highest BCUT2D eigenvalue weighted by Crippen LogP contribution is 2.08. The van der Waals surface area contributed by atoms with Gasteiger partial charge in [-0.2, -0.15) is 0 Å². The molecule has 0 fully saturated rings. The zero-order chi connectivity index (χ0) is 8.97. The second-order valence-electron chi connectivity index (χ2n) is 3.13. The van der Waals surface area contributed by atoms with E-state index in [-0.39, 0.29) is 11.7 Å². The van der Waals surface area contributed by atoms with Crippen molar-refractivity contribution in [2.45, 2.75) is 13.1 Å². The van der Waals surface area contributed by atoms with Gasteiger partial charge in [-0.1, -0.05) is 18.2 Å². The summed E-state index contributed by atoms with van der Waals surface area (Å²) < 4.78 is 5.48. The van der Waals surface area contributed by atoms with Crippen molar-refractivity contribution in [3.63, 3.8) is 0 Å². The molecule has 0 aliphatic heterocycles. The van der Waals surface area contributed by atoms with Gasteiger partial charge in [0.25, 0.3) is 0 Å². The molecule has 0 aromatic carbocycles. The summed E-state index contributed by atoms with van der Waals surface area (Å²) in [6.07, 6.45) is 7.18. The Balaban J connectivity index is 2.37. The third-order valence-electron chi connectivity index (χ3n) is 1.69. The SMILES string of the molecule is C[SiH](C)OCC1C=CC=CC1=O. The minimum atomic E-state index is -0.979. The molecule has 1 aliphatic carbocycles. The lowest BCUT2D eigenvalue weighted by atomic mass is 10.0. The van der Waals surface area contributed by atoms with Crippen molar-refractivity contribution in [2.24, 2.45) is 5.92 Å². The predicted octanol–water partition coefficient (Wildman–Crippen LogP) is 1.30. The van der Waals surface area contributed by atoms with Crippen LogP contribution in [0.4, 0.5) is 0 Å². The Labute approximate surface area is 74.6 Å². The lowest BCUT2D eigenvalue weighted by Gasteiger charge is -2.13. The molecule has 0 amide bonds. The first-order valence-electron chi connectivity index (χ1n) is 4.20. The van der Waals surface area contributed by atoms with Crippen LogP contribution in [-0.2, 0) is 9.22 Å². The standard InChI is InChI=1S/C9H14O2Si/c1-12(2)11-7-8-5-3-4-6-9(8)10/h3-6,8,12H,7H2,1-2H3. The number of rotatable bonds is 3. The number of carbonyl (C=O) groups excluding carboxylic acids is 1. The predicted molar refractivity (Wildman–Crippen MR) is 51.6 cm³/mol. The van der Waals surface area contributed by atoms with Crippen LogP contribution in [0.1, 0.15) is 0 Å². The third kappa shape index (κ3) is 2.75. The third-order valence-corrected chi connectivity index (χ3v) is 2.55. The molecule has 1 unspecified atom stereocenters. The van der Waals surface area contributed by atoms with Crippen molar-refractivity contribution >= 4 is 14.8 Å². The van der Waals surface area contributed by atoms with Crippen LogP contribution in [0.2, 0.25) is 13.1 Å². The molecular weight excluding hydrogens is 168 g/mol. The second-order valence-corrected chi connectivity index (χ2v) is 5.57. The lowest BCUT2D eigenvalue weighted by molar-refractivity contribution is -0.117. The molecule has 0 aromatic heterocycles. The van der Waals surface area contributed by atoms with Crippen LogP contribution < -0.4 is 0 Å². The average Bonchev–Trinajstić information content (AvgIpc) is 2.03. The molecule has 0 N–H and O–H groups in total. The molecule has 66 valence electrons. The highest BCUT2D eigenvalue weighted by Gasteiger charge is 2.14. The summed E-state index contributed by atoms with van der Waals surface area (Å²) in [5.41, 5.74) is 0. The van der Waals surface area contributed by atoms with Crippen LogP contribution in [0.25, 0.3) is 0 Å². The lowest BCUT2D eigenvalue weighted by Crippen LogP contribution is -2.21. The van der Waals surface area contributed by atoms with Crippen molar-refractivity contribution in [2.75, 3.05) is 6.61 Å². The monoisotopic (exact) mass is 182 g/mol. The van der Waals surface area contributed by atoms with E-state index in [1.165, 1.54) is 0 Å². The molecule has 0 bridgehead atoms. The molecule has 0 saturated carbocycles. The fourth-order valence-corrected chi connectivity index (χ4v) is 1.59. The Kier molecular flexibility index (Phi) is 3.43. The van der Waals surface area contributed by atoms with Crippen LogP contribution in [0, 0.1) is 5.92 Å². The Hall–Kier alpha value is -0.673. The molecule has 0 saturated heterocycles. The van der Waals surface area contributed by atoms with Crippen LogP contribution in [0.3, 0.4) is 0 Å². The minimum Gasteiger partial charge on any atom is -0.420 e. The molecule has 12 heavy (non-hydrogen) atoms. The summed E-state index contributed by atoms with van der Waals surface area (Å²) in [4.78, 5) is 11.2. The maximum absolute atomic E-state index is 11.2. The number of ketones is 1. The first kappa shape index (κ1) is 9.42. The van der Waals surface area contributed by atoms with E-state index < -0.39 is 9.04 Å². The summed E-state index contributed by atoms with van der Waals surface area (Å²) in [7, 11) is -0.979. The molecule has 0 spiro atoms. The van der Waals surface area contributed by atoms with E-state index in [1.54, 1.807) is 12.2 Å². The quantitative estimate of drug-likeness (QED) is 0.615. The van der Waals surface area contributed by atoms with E-state index in [1.807, 2.05) is 12.2 Å². The molecule has 0 heterocycles. The Morgan fingerprint density at radius 2 is 2.25 bits per heavy atom. The summed E-state index contributed by atoms with van der Waals surface area (Å²) in [6, 6.07) is 0. The van der Waals surface area contributed by atoms with E-state index in [0.717, 1.165) is 0 Å². The van der Waals surface area contributed by atoms with E-state index in [0.29, 0.717) is 6.61 Å². The van der Waals surface area contributed by atoms with Gasteiger partial charge in [-0.05, 0) is 19.2 Å². The van der Waals surface area contributed by atoms with Gasteiger partial charge in [0, 0.05) is 6.61 Å². The summed E-state index contributed by atoms with van der Waals surface area (Å²) in [6.45, 7) is 4.77. The molecule has 0 radical (unpaired) electrons. The van der Waals surface area contributed by atoms with Crippen molar-refractivity contribution in [1.29, 1.82) is 0 Å². The Morgan fingerprint density at radius 3 is 2.83 bits per heavy atom. The number of hydrogen-bond donors (Lipinski definition) is 0. The van der Waals surface area contributed by atoms with Crippen molar-refractivity contribution in [3.05, 3.63) is 24.3 Å². The second kappa shape index (κ2) is 4.38. The van der Waals surface area contributed by atoms with Crippen LogP contribution in [-0.4, -0.2) is 21.4 Å². The smallest absolute Gasteiger partial charge is 0.170 e. The fraction of sp³-hybridized carbons (Fsp3) is 0.444. The highest BCUT2D eigenvalue weighted by molar-refractivity contribution is 6.48. The molecular formula is C9H14O2Si. The topological polar surface area (TPSA) is 26.3 Å². The maximum atomic E-state index is 11.2. The molecule has 0 aromatic rings. The van der Waals surface area contributed by atoms with Crippen molar-refractivity contribution < 1.29 is 9.22 Å². The number of allylic oxidation sites excluding steroid dienone is 3. The van der Waals surface area contributed by atoms with Gasteiger partial charge in [-0.3, -0.25) is 4.79 Å². The van der Waals surface area contributed by atoms with Gasteiger partial charge < -0.3 is 4.43 Å². The van der Waals surface area contributed by atoms with Crippen molar-refractivity contribution in [1.82, 2.24) is 0 Å². The van der Waals surface area contributed by atoms with E-state index >= 15 is 0 Å². The van der Waals surface area contributed by atoms with Gasteiger partial charge in [-0.15, -0.1) is 0 Å². The molecule has 2 nitrogen and oxygen atoms in total. The fourth-order valence-electron chi connectivity index (χ4n) is 1.00. The van der Waals surface area contributed by atoms with Gasteiger partial charge in [0.2, 0.25) is 0 Å². The molecule has 1 rings (SSSR count). The minimum absolute atomic E-state index is 0.0371. The van der Waals surface area contributed by atoms with Gasteiger partial charge >= 0.3 is 0 Å². The van der Waals surface area contributed by atoms with Gasteiger partial charge in [0.1, 0.15) is 0 Å². The van der Waals surface area contributed by atoms with E-state index in [4.69, 9.17) is 4.43 Å².